The molecule has 1 rings (SSSR count). The molecule has 2 heteroatoms. The zero-order valence-electron chi connectivity index (χ0n) is 10.5. The first-order valence-corrected chi connectivity index (χ1v) is 5.52. The first kappa shape index (κ1) is 12.2. The molecule has 0 aliphatic rings. The summed E-state index contributed by atoms with van der Waals surface area (Å²) in [4.78, 5) is 6.76. The van der Waals surface area contributed by atoms with Crippen molar-refractivity contribution in [3.63, 3.8) is 0 Å². The van der Waals surface area contributed by atoms with Crippen LogP contribution in [0.15, 0.2) is 18.3 Å². The molecule has 84 valence electrons. The van der Waals surface area contributed by atoms with Gasteiger partial charge in [0.1, 0.15) is 0 Å². The molecule has 0 fully saturated rings. The molecule has 0 spiro atoms. The second kappa shape index (κ2) is 4.75. The monoisotopic (exact) mass is 206 g/mol. The Morgan fingerprint density at radius 1 is 1.27 bits per heavy atom. The molecular weight excluding hydrogens is 184 g/mol. The van der Waals surface area contributed by atoms with Crippen molar-refractivity contribution in [1.82, 2.24) is 9.88 Å². The van der Waals surface area contributed by atoms with Crippen LogP contribution in [-0.2, 0) is 6.42 Å². The summed E-state index contributed by atoms with van der Waals surface area (Å²) in [6.07, 6.45) is 2.96. The SMILES string of the molecule is Cc1ccc(CCN(C)C(C)(C)C)nc1. The summed E-state index contributed by atoms with van der Waals surface area (Å²) in [5.41, 5.74) is 2.64. The number of rotatable bonds is 3. The van der Waals surface area contributed by atoms with Crippen LogP contribution >= 0.6 is 0 Å². The topological polar surface area (TPSA) is 16.1 Å². The van der Waals surface area contributed by atoms with Crippen LogP contribution in [0.1, 0.15) is 32.0 Å². The molecule has 0 aliphatic heterocycles. The van der Waals surface area contributed by atoms with Gasteiger partial charge >= 0.3 is 0 Å². The summed E-state index contributed by atoms with van der Waals surface area (Å²) in [6.45, 7) is 9.82. The van der Waals surface area contributed by atoms with E-state index >= 15 is 0 Å². The number of aromatic nitrogens is 1. The first-order chi connectivity index (χ1) is 6.89. The molecule has 1 heterocycles. The van der Waals surface area contributed by atoms with Crippen LogP contribution in [0.25, 0.3) is 0 Å². The highest BCUT2D eigenvalue weighted by atomic mass is 15.1. The molecule has 15 heavy (non-hydrogen) atoms. The Balaban J connectivity index is 2.47. The Hall–Kier alpha value is -0.890. The Kier molecular flexibility index (Phi) is 3.86. The number of hydrogen-bond donors (Lipinski definition) is 0. The molecule has 0 unspecified atom stereocenters. The minimum absolute atomic E-state index is 0.241. The van der Waals surface area contributed by atoms with Crippen molar-refractivity contribution >= 4 is 0 Å². The summed E-state index contributed by atoms with van der Waals surface area (Å²) >= 11 is 0. The molecule has 0 radical (unpaired) electrons. The van der Waals surface area contributed by atoms with E-state index in [0.717, 1.165) is 13.0 Å². The maximum atomic E-state index is 4.41. The van der Waals surface area contributed by atoms with Crippen molar-refractivity contribution in [2.24, 2.45) is 0 Å². The smallest absolute Gasteiger partial charge is 0.0416 e. The van der Waals surface area contributed by atoms with Gasteiger partial charge in [-0.1, -0.05) is 6.07 Å². The lowest BCUT2D eigenvalue weighted by molar-refractivity contribution is 0.177. The minimum Gasteiger partial charge on any atom is -0.301 e. The third-order valence-corrected chi connectivity index (χ3v) is 2.82. The Labute approximate surface area is 93.3 Å². The van der Waals surface area contributed by atoms with E-state index in [4.69, 9.17) is 0 Å². The minimum atomic E-state index is 0.241. The predicted octanol–water partition coefficient (Wildman–Crippen LogP) is 2.66. The molecule has 0 amide bonds. The maximum Gasteiger partial charge on any atom is 0.0416 e. The van der Waals surface area contributed by atoms with Gasteiger partial charge in [0.15, 0.2) is 0 Å². The Morgan fingerprint density at radius 2 is 1.93 bits per heavy atom. The van der Waals surface area contributed by atoms with E-state index in [1.165, 1.54) is 11.3 Å². The zero-order chi connectivity index (χ0) is 11.5. The van der Waals surface area contributed by atoms with Crippen molar-refractivity contribution in [1.29, 1.82) is 0 Å². The standard InChI is InChI=1S/C13H22N2/c1-11-6-7-12(14-10-11)8-9-15(5)13(2,3)4/h6-7,10H,8-9H2,1-5H3. The third kappa shape index (κ3) is 4.00. The second-order valence-corrected chi connectivity index (χ2v) is 5.17. The molecular formula is C13H22N2. The lowest BCUT2D eigenvalue weighted by Gasteiger charge is -2.31. The van der Waals surface area contributed by atoms with Crippen LogP contribution in [0.3, 0.4) is 0 Å². The fraction of sp³-hybridized carbons (Fsp3) is 0.615. The van der Waals surface area contributed by atoms with Crippen LogP contribution in [0.4, 0.5) is 0 Å². The van der Waals surface area contributed by atoms with Crippen LogP contribution in [-0.4, -0.2) is 29.0 Å². The van der Waals surface area contributed by atoms with Gasteiger partial charge in [-0.15, -0.1) is 0 Å². The number of likely N-dealkylation sites (N-methyl/N-ethyl adjacent to an activating group) is 1. The predicted molar refractivity (Wildman–Crippen MR) is 65.1 cm³/mol. The van der Waals surface area contributed by atoms with Crippen LogP contribution in [0.2, 0.25) is 0 Å². The van der Waals surface area contributed by atoms with E-state index in [2.05, 4.69) is 56.8 Å². The highest BCUT2D eigenvalue weighted by molar-refractivity contribution is 5.12. The van der Waals surface area contributed by atoms with Gasteiger partial charge in [0.05, 0.1) is 0 Å². The van der Waals surface area contributed by atoms with Crippen LogP contribution in [0, 0.1) is 6.92 Å². The van der Waals surface area contributed by atoms with Crippen molar-refractivity contribution in [2.45, 2.75) is 39.7 Å². The Morgan fingerprint density at radius 3 is 2.40 bits per heavy atom. The molecule has 0 saturated heterocycles. The van der Waals surface area contributed by atoms with E-state index in [-0.39, 0.29) is 5.54 Å². The highest BCUT2D eigenvalue weighted by Crippen LogP contribution is 2.11. The quantitative estimate of drug-likeness (QED) is 0.756. The fourth-order valence-electron chi connectivity index (χ4n) is 1.26. The van der Waals surface area contributed by atoms with Gasteiger partial charge < -0.3 is 4.90 Å². The van der Waals surface area contributed by atoms with Gasteiger partial charge in [0.2, 0.25) is 0 Å². The van der Waals surface area contributed by atoms with Gasteiger partial charge in [-0.2, -0.15) is 0 Å². The Bertz CT molecular complexity index is 295. The van der Waals surface area contributed by atoms with Crippen molar-refractivity contribution < 1.29 is 0 Å². The average molecular weight is 206 g/mol. The second-order valence-electron chi connectivity index (χ2n) is 5.17. The van der Waals surface area contributed by atoms with E-state index in [0.29, 0.717) is 0 Å². The van der Waals surface area contributed by atoms with Gasteiger partial charge in [0.25, 0.3) is 0 Å². The van der Waals surface area contributed by atoms with Crippen LogP contribution in [0.5, 0.6) is 0 Å². The number of hydrogen-bond acceptors (Lipinski definition) is 2. The molecule has 1 aromatic heterocycles. The van der Waals surface area contributed by atoms with E-state index < -0.39 is 0 Å². The van der Waals surface area contributed by atoms with Crippen molar-refractivity contribution in [3.8, 4) is 0 Å². The molecule has 0 atom stereocenters. The summed E-state index contributed by atoms with van der Waals surface area (Å²) in [5.74, 6) is 0. The van der Waals surface area contributed by atoms with Gasteiger partial charge in [-0.25, -0.2) is 0 Å². The lowest BCUT2D eigenvalue weighted by atomic mass is 10.1. The van der Waals surface area contributed by atoms with Crippen molar-refractivity contribution in [2.75, 3.05) is 13.6 Å². The van der Waals surface area contributed by atoms with Gasteiger partial charge in [-0.05, 0) is 46.4 Å². The maximum absolute atomic E-state index is 4.41. The fourth-order valence-corrected chi connectivity index (χ4v) is 1.26. The summed E-state index contributed by atoms with van der Waals surface area (Å²) in [5, 5.41) is 0. The third-order valence-electron chi connectivity index (χ3n) is 2.82. The molecule has 0 saturated carbocycles. The molecule has 0 bridgehead atoms. The summed E-state index contributed by atoms with van der Waals surface area (Å²) in [7, 11) is 2.16. The average Bonchev–Trinajstić information content (AvgIpc) is 2.15. The highest BCUT2D eigenvalue weighted by Gasteiger charge is 2.16. The first-order valence-electron chi connectivity index (χ1n) is 5.52. The van der Waals surface area contributed by atoms with E-state index in [9.17, 15) is 0 Å². The summed E-state index contributed by atoms with van der Waals surface area (Å²) in [6, 6.07) is 4.24. The molecule has 2 nitrogen and oxygen atoms in total. The van der Waals surface area contributed by atoms with Gasteiger partial charge in [-0.3, -0.25) is 4.98 Å². The molecule has 1 aromatic rings. The normalized spacial score (nSPS) is 12.1. The van der Waals surface area contributed by atoms with Crippen molar-refractivity contribution in [3.05, 3.63) is 29.6 Å². The van der Waals surface area contributed by atoms with E-state index in [1.807, 2.05) is 6.20 Å². The van der Waals surface area contributed by atoms with E-state index in [1.54, 1.807) is 0 Å². The number of nitrogens with zero attached hydrogens (tertiary/aromatic N) is 2. The number of pyridine rings is 1. The summed E-state index contributed by atoms with van der Waals surface area (Å²) < 4.78 is 0. The lowest BCUT2D eigenvalue weighted by Crippen LogP contribution is -2.39. The number of aryl methyl sites for hydroxylation is 1. The van der Waals surface area contributed by atoms with Crippen LogP contribution < -0.4 is 0 Å². The molecule has 0 N–H and O–H groups in total. The molecule has 0 aromatic carbocycles. The largest absolute Gasteiger partial charge is 0.301 e. The van der Waals surface area contributed by atoms with Gasteiger partial charge in [0, 0.05) is 30.4 Å². The zero-order valence-corrected chi connectivity index (χ0v) is 10.5. The molecule has 0 aliphatic carbocycles.